The predicted octanol–water partition coefficient (Wildman–Crippen LogP) is 5.29. The summed E-state index contributed by atoms with van der Waals surface area (Å²) in [7, 11) is 0. The third-order valence-corrected chi connectivity index (χ3v) is 5.54. The van der Waals surface area contributed by atoms with Gasteiger partial charge in [-0.3, -0.25) is 10.2 Å². The lowest BCUT2D eigenvalue weighted by Gasteiger charge is -2.15. The zero-order valence-electron chi connectivity index (χ0n) is 17.5. The number of benzene rings is 2. The van der Waals surface area contributed by atoms with Gasteiger partial charge in [-0.2, -0.15) is 0 Å². The van der Waals surface area contributed by atoms with E-state index >= 15 is 0 Å². The molecule has 0 unspecified atom stereocenters. The minimum Gasteiger partial charge on any atom is -0.493 e. The topological polar surface area (TPSA) is 80.6 Å². The second-order valence-electron chi connectivity index (χ2n) is 6.70. The summed E-state index contributed by atoms with van der Waals surface area (Å²) in [6.45, 7) is 5.39. The molecule has 6 nitrogen and oxygen atoms in total. The first kappa shape index (κ1) is 23.0. The summed E-state index contributed by atoms with van der Waals surface area (Å²) in [5.41, 5.74) is 1.98. The number of carbonyl (C=O) groups excluding carboxylic acids is 1. The molecule has 1 fully saturated rings. The first-order chi connectivity index (χ1) is 15.0. The van der Waals surface area contributed by atoms with Gasteiger partial charge in [0, 0.05) is 6.42 Å². The summed E-state index contributed by atoms with van der Waals surface area (Å²) < 4.78 is 17.3. The monoisotopic (exact) mass is 460 g/mol. The molecule has 2 aromatic carbocycles. The number of amides is 1. The van der Waals surface area contributed by atoms with Crippen molar-refractivity contribution in [2.24, 2.45) is 0 Å². The zero-order valence-corrected chi connectivity index (χ0v) is 19.1. The van der Waals surface area contributed by atoms with Crippen LogP contribution in [0.1, 0.15) is 31.4 Å². The van der Waals surface area contributed by atoms with Crippen LogP contribution in [0.15, 0.2) is 41.3 Å². The highest BCUT2D eigenvalue weighted by Gasteiger charge is 2.22. The van der Waals surface area contributed by atoms with Crippen molar-refractivity contribution in [2.45, 2.75) is 26.7 Å². The lowest BCUT2D eigenvalue weighted by atomic mass is 10.2. The molecule has 31 heavy (non-hydrogen) atoms. The average Bonchev–Trinajstić information content (AvgIpc) is 3.06. The van der Waals surface area contributed by atoms with Gasteiger partial charge in [0.1, 0.15) is 5.75 Å². The van der Waals surface area contributed by atoms with Crippen LogP contribution in [-0.2, 0) is 11.2 Å². The Morgan fingerprint density at radius 3 is 2.48 bits per heavy atom. The van der Waals surface area contributed by atoms with Crippen LogP contribution in [0.5, 0.6) is 17.2 Å². The summed E-state index contributed by atoms with van der Waals surface area (Å²) >= 11 is 7.51. The van der Waals surface area contributed by atoms with Gasteiger partial charge in [0.05, 0.1) is 29.7 Å². The maximum Gasteiger partial charge on any atom is 0.264 e. The number of amidine groups is 1. The van der Waals surface area contributed by atoms with Crippen molar-refractivity contribution >= 4 is 40.5 Å². The minimum absolute atomic E-state index is 0.107. The van der Waals surface area contributed by atoms with Crippen molar-refractivity contribution in [3.8, 4) is 17.2 Å². The van der Waals surface area contributed by atoms with Crippen LogP contribution in [0.2, 0.25) is 5.02 Å². The standard InChI is InChI=1S/C23H25ClN2O4S/c1-3-15-6-8-17(9-7-15)29-10-5-11-30-21-18(24)12-16(13-19(21)28-4-2)14-20-22(27)26-23(25)31-20/h6-9,12-14H,3-5,10-11H2,1-2H3,(H2,25,26,27). The van der Waals surface area contributed by atoms with Crippen molar-refractivity contribution in [3.63, 3.8) is 0 Å². The van der Waals surface area contributed by atoms with E-state index in [1.54, 1.807) is 18.2 Å². The van der Waals surface area contributed by atoms with Crippen molar-refractivity contribution < 1.29 is 19.0 Å². The third-order valence-electron chi connectivity index (χ3n) is 4.43. The smallest absolute Gasteiger partial charge is 0.264 e. The van der Waals surface area contributed by atoms with E-state index in [1.165, 1.54) is 5.56 Å². The molecule has 0 aliphatic carbocycles. The Morgan fingerprint density at radius 2 is 1.84 bits per heavy atom. The Balaban J connectivity index is 1.60. The van der Waals surface area contributed by atoms with E-state index in [9.17, 15) is 4.79 Å². The first-order valence-electron chi connectivity index (χ1n) is 10.1. The van der Waals surface area contributed by atoms with Crippen molar-refractivity contribution in [1.29, 1.82) is 5.41 Å². The Bertz CT molecular complexity index is 976. The molecule has 1 amide bonds. The average molecular weight is 461 g/mol. The molecule has 2 aromatic rings. The summed E-state index contributed by atoms with van der Waals surface area (Å²) in [5, 5.41) is 10.5. The molecular weight excluding hydrogens is 436 g/mol. The van der Waals surface area contributed by atoms with E-state index in [4.69, 9.17) is 31.2 Å². The van der Waals surface area contributed by atoms with Crippen LogP contribution < -0.4 is 19.5 Å². The van der Waals surface area contributed by atoms with Crippen LogP contribution in [0.3, 0.4) is 0 Å². The van der Waals surface area contributed by atoms with Crippen LogP contribution >= 0.6 is 23.4 Å². The second-order valence-corrected chi connectivity index (χ2v) is 8.16. The maximum atomic E-state index is 11.8. The largest absolute Gasteiger partial charge is 0.493 e. The summed E-state index contributed by atoms with van der Waals surface area (Å²) in [5.74, 6) is 1.52. The molecule has 1 aliphatic heterocycles. The predicted molar refractivity (Wildman–Crippen MR) is 125 cm³/mol. The SMILES string of the molecule is CCOc1cc(C=C2SC(=N)NC2=O)cc(Cl)c1OCCCOc1ccc(CC)cc1. The molecular formula is C23H25ClN2O4S. The van der Waals surface area contributed by atoms with Gasteiger partial charge in [-0.25, -0.2) is 0 Å². The molecule has 1 aliphatic rings. The van der Waals surface area contributed by atoms with Crippen LogP contribution in [0.25, 0.3) is 6.08 Å². The summed E-state index contributed by atoms with van der Waals surface area (Å²) in [4.78, 5) is 12.3. The van der Waals surface area contributed by atoms with Gasteiger partial charge in [-0.1, -0.05) is 30.7 Å². The number of hydrogen-bond acceptors (Lipinski definition) is 6. The van der Waals surface area contributed by atoms with Crippen LogP contribution in [0, 0.1) is 5.41 Å². The fourth-order valence-electron chi connectivity index (χ4n) is 2.91. The molecule has 3 rings (SSSR count). The van der Waals surface area contributed by atoms with E-state index in [1.807, 2.05) is 19.1 Å². The van der Waals surface area contributed by atoms with Gasteiger partial charge >= 0.3 is 0 Å². The minimum atomic E-state index is -0.297. The van der Waals surface area contributed by atoms with Gasteiger partial charge in [0.15, 0.2) is 16.7 Å². The molecule has 1 saturated heterocycles. The highest BCUT2D eigenvalue weighted by Crippen LogP contribution is 2.38. The third kappa shape index (κ3) is 6.42. The number of carbonyl (C=O) groups is 1. The lowest BCUT2D eigenvalue weighted by Crippen LogP contribution is -2.18. The number of thioether (sulfide) groups is 1. The molecule has 1 heterocycles. The van der Waals surface area contributed by atoms with Crippen molar-refractivity contribution in [3.05, 3.63) is 57.5 Å². The van der Waals surface area contributed by atoms with Crippen molar-refractivity contribution in [2.75, 3.05) is 19.8 Å². The fourth-order valence-corrected chi connectivity index (χ4v) is 3.89. The lowest BCUT2D eigenvalue weighted by molar-refractivity contribution is -0.115. The number of aryl methyl sites for hydroxylation is 1. The first-order valence-corrected chi connectivity index (χ1v) is 11.3. The van der Waals surface area contributed by atoms with E-state index in [0.717, 1.165) is 23.9 Å². The van der Waals surface area contributed by atoms with Crippen LogP contribution in [-0.4, -0.2) is 30.9 Å². The summed E-state index contributed by atoms with van der Waals surface area (Å²) in [6.07, 6.45) is 3.36. The number of hydrogen-bond donors (Lipinski definition) is 2. The molecule has 8 heteroatoms. The molecule has 0 bridgehead atoms. The van der Waals surface area contributed by atoms with E-state index in [0.29, 0.717) is 53.2 Å². The van der Waals surface area contributed by atoms with E-state index in [2.05, 4.69) is 24.4 Å². The highest BCUT2D eigenvalue weighted by atomic mass is 35.5. The molecule has 164 valence electrons. The van der Waals surface area contributed by atoms with Gasteiger partial charge in [0.2, 0.25) is 0 Å². The fraction of sp³-hybridized carbons (Fsp3) is 0.304. The van der Waals surface area contributed by atoms with Crippen molar-refractivity contribution in [1.82, 2.24) is 5.32 Å². The quantitative estimate of drug-likeness (QED) is 0.372. The van der Waals surface area contributed by atoms with E-state index < -0.39 is 0 Å². The molecule has 0 saturated carbocycles. The molecule has 0 aromatic heterocycles. The van der Waals surface area contributed by atoms with Gasteiger partial charge < -0.3 is 19.5 Å². The number of rotatable bonds is 10. The Labute approximate surface area is 191 Å². The highest BCUT2D eigenvalue weighted by molar-refractivity contribution is 8.18. The molecule has 0 atom stereocenters. The summed E-state index contributed by atoms with van der Waals surface area (Å²) in [6, 6.07) is 11.6. The van der Waals surface area contributed by atoms with Crippen LogP contribution in [0.4, 0.5) is 0 Å². The van der Waals surface area contributed by atoms with Gasteiger partial charge in [0.25, 0.3) is 5.91 Å². The van der Waals surface area contributed by atoms with Gasteiger partial charge in [-0.05, 0) is 66.6 Å². The zero-order chi connectivity index (χ0) is 22.2. The Hall–Kier alpha value is -2.64. The normalized spacial score (nSPS) is 14.6. The molecule has 0 spiro atoms. The number of ether oxygens (including phenoxy) is 3. The van der Waals surface area contributed by atoms with E-state index in [-0.39, 0.29) is 11.1 Å². The second kappa shape index (κ2) is 11.1. The number of nitrogens with one attached hydrogen (secondary N) is 2. The molecule has 0 radical (unpaired) electrons. The molecule has 2 N–H and O–H groups in total. The Morgan fingerprint density at radius 1 is 1.10 bits per heavy atom. The van der Waals surface area contributed by atoms with Gasteiger partial charge in [-0.15, -0.1) is 0 Å². The maximum absolute atomic E-state index is 11.8. The Kier molecular flexibility index (Phi) is 8.26. The number of halogens is 1.